The summed E-state index contributed by atoms with van der Waals surface area (Å²) in [6.07, 6.45) is 0. The maximum absolute atomic E-state index is 5.18. The molecule has 0 radical (unpaired) electrons. The third-order valence-electron chi connectivity index (χ3n) is 3.43. The second-order valence-electron chi connectivity index (χ2n) is 5.63. The van der Waals surface area contributed by atoms with Crippen LogP contribution in [0, 0.1) is 0 Å². The van der Waals surface area contributed by atoms with E-state index in [9.17, 15) is 0 Å². The molecule has 0 bridgehead atoms. The SMILES string of the molecule is COCc1cccc(CN=C(NCc2ccccc2)N(C)C)c1.I. The van der Waals surface area contributed by atoms with Gasteiger partial charge in [0.2, 0.25) is 0 Å². The van der Waals surface area contributed by atoms with E-state index in [2.05, 4.69) is 35.6 Å². The fourth-order valence-electron chi connectivity index (χ4n) is 2.28. The van der Waals surface area contributed by atoms with Crippen LogP contribution in [0.25, 0.3) is 0 Å². The van der Waals surface area contributed by atoms with Crippen LogP contribution < -0.4 is 5.32 Å². The third-order valence-corrected chi connectivity index (χ3v) is 3.43. The number of halogens is 1. The lowest BCUT2D eigenvalue weighted by atomic mass is 10.1. The number of hydrogen-bond acceptors (Lipinski definition) is 2. The monoisotopic (exact) mass is 439 g/mol. The van der Waals surface area contributed by atoms with Crippen molar-refractivity contribution in [3.05, 3.63) is 71.3 Å². The van der Waals surface area contributed by atoms with Gasteiger partial charge in [-0.3, -0.25) is 0 Å². The van der Waals surface area contributed by atoms with Crippen LogP contribution >= 0.6 is 24.0 Å². The number of guanidine groups is 1. The lowest BCUT2D eigenvalue weighted by Gasteiger charge is -2.18. The van der Waals surface area contributed by atoms with Crippen molar-refractivity contribution in [3.63, 3.8) is 0 Å². The summed E-state index contributed by atoms with van der Waals surface area (Å²) in [7, 11) is 5.71. The van der Waals surface area contributed by atoms with Crippen LogP contribution in [0.1, 0.15) is 16.7 Å². The highest BCUT2D eigenvalue weighted by Crippen LogP contribution is 2.08. The van der Waals surface area contributed by atoms with Gasteiger partial charge in [-0.05, 0) is 16.7 Å². The second-order valence-corrected chi connectivity index (χ2v) is 5.63. The van der Waals surface area contributed by atoms with Gasteiger partial charge in [0.05, 0.1) is 13.2 Å². The van der Waals surface area contributed by atoms with Crippen molar-refractivity contribution in [2.24, 2.45) is 4.99 Å². The molecule has 130 valence electrons. The van der Waals surface area contributed by atoms with Gasteiger partial charge in [0.15, 0.2) is 5.96 Å². The molecule has 2 aromatic rings. The van der Waals surface area contributed by atoms with E-state index in [4.69, 9.17) is 9.73 Å². The van der Waals surface area contributed by atoms with Gasteiger partial charge in [-0.15, -0.1) is 24.0 Å². The maximum atomic E-state index is 5.18. The summed E-state index contributed by atoms with van der Waals surface area (Å²) in [6.45, 7) is 2.04. The standard InChI is InChI=1S/C19H25N3O.HI/c1-22(2)19(20-13-16-8-5-4-6-9-16)21-14-17-10-7-11-18(12-17)15-23-3;/h4-12H,13-15H2,1-3H3,(H,20,21);1H. The number of ether oxygens (including phenoxy) is 1. The molecule has 24 heavy (non-hydrogen) atoms. The molecule has 0 fully saturated rings. The average molecular weight is 439 g/mol. The smallest absolute Gasteiger partial charge is 0.194 e. The Morgan fingerprint density at radius 1 is 1.00 bits per heavy atom. The molecule has 1 N–H and O–H groups in total. The Hall–Kier alpha value is -1.60. The van der Waals surface area contributed by atoms with Crippen LogP contribution in [-0.2, 0) is 24.4 Å². The number of nitrogens with one attached hydrogen (secondary N) is 1. The van der Waals surface area contributed by atoms with Crippen molar-refractivity contribution in [3.8, 4) is 0 Å². The first kappa shape index (κ1) is 20.4. The Labute approximate surface area is 162 Å². The minimum atomic E-state index is 0. The molecule has 0 aliphatic rings. The maximum Gasteiger partial charge on any atom is 0.194 e. The third kappa shape index (κ3) is 6.88. The van der Waals surface area contributed by atoms with Crippen LogP contribution in [0.5, 0.6) is 0 Å². The zero-order valence-corrected chi connectivity index (χ0v) is 16.9. The first-order valence-corrected chi connectivity index (χ1v) is 7.75. The number of benzene rings is 2. The van der Waals surface area contributed by atoms with E-state index in [1.165, 1.54) is 16.7 Å². The van der Waals surface area contributed by atoms with Gasteiger partial charge in [0.1, 0.15) is 0 Å². The largest absolute Gasteiger partial charge is 0.380 e. The van der Waals surface area contributed by atoms with Gasteiger partial charge in [0, 0.05) is 27.7 Å². The fraction of sp³-hybridized carbons (Fsp3) is 0.316. The summed E-state index contributed by atoms with van der Waals surface area (Å²) in [5.41, 5.74) is 3.59. The predicted octanol–water partition coefficient (Wildman–Crippen LogP) is 3.66. The van der Waals surface area contributed by atoms with Crippen molar-refractivity contribution in [1.29, 1.82) is 0 Å². The first-order valence-electron chi connectivity index (χ1n) is 7.75. The van der Waals surface area contributed by atoms with Crippen molar-refractivity contribution >= 4 is 29.9 Å². The van der Waals surface area contributed by atoms with Crippen molar-refractivity contribution in [1.82, 2.24) is 10.2 Å². The Morgan fingerprint density at radius 2 is 1.67 bits per heavy atom. The topological polar surface area (TPSA) is 36.9 Å². The van der Waals surface area contributed by atoms with E-state index in [0.717, 1.165) is 12.5 Å². The van der Waals surface area contributed by atoms with Gasteiger partial charge in [-0.1, -0.05) is 54.6 Å². The predicted molar refractivity (Wildman–Crippen MR) is 111 cm³/mol. The van der Waals surface area contributed by atoms with E-state index in [1.54, 1.807) is 7.11 Å². The Bertz CT molecular complexity index is 630. The average Bonchev–Trinajstić information content (AvgIpc) is 2.56. The number of aliphatic imine (C=N–C) groups is 1. The van der Waals surface area contributed by atoms with E-state index >= 15 is 0 Å². The second kappa shape index (κ2) is 11.0. The molecule has 2 rings (SSSR count). The summed E-state index contributed by atoms with van der Waals surface area (Å²) in [5, 5.41) is 3.40. The summed E-state index contributed by atoms with van der Waals surface area (Å²) < 4.78 is 5.18. The van der Waals surface area contributed by atoms with Gasteiger partial charge in [-0.2, -0.15) is 0 Å². The molecular formula is C19H26IN3O. The van der Waals surface area contributed by atoms with E-state index in [0.29, 0.717) is 13.2 Å². The molecule has 0 saturated carbocycles. The van der Waals surface area contributed by atoms with Crippen molar-refractivity contribution < 1.29 is 4.74 Å². The highest BCUT2D eigenvalue weighted by atomic mass is 127. The van der Waals surface area contributed by atoms with E-state index in [-0.39, 0.29) is 24.0 Å². The molecule has 0 aliphatic heterocycles. The molecular weight excluding hydrogens is 413 g/mol. The number of hydrogen-bond donors (Lipinski definition) is 1. The molecule has 0 spiro atoms. The van der Waals surface area contributed by atoms with Crippen molar-refractivity contribution in [2.75, 3.05) is 21.2 Å². The fourth-order valence-corrected chi connectivity index (χ4v) is 2.28. The highest BCUT2D eigenvalue weighted by molar-refractivity contribution is 14.0. The molecule has 0 unspecified atom stereocenters. The van der Waals surface area contributed by atoms with E-state index in [1.807, 2.05) is 43.3 Å². The molecule has 0 atom stereocenters. The Balaban J connectivity index is 0.00000288. The lowest BCUT2D eigenvalue weighted by molar-refractivity contribution is 0.185. The highest BCUT2D eigenvalue weighted by Gasteiger charge is 2.02. The molecule has 4 nitrogen and oxygen atoms in total. The van der Waals surface area contributed by atoms with Gasteiger partial charge < -0.3 is 15.0 Å². The normalized spacial score (nSPS) is 10.9. The van der Waals surface area contributed by atoms with Crippen LogP contribution in [0.15, 0.2) is 59.6 Å². The summed E-state index contributed by atoms with van der Waals surface area (Å²) in [6, 6.07) is 18.7. The van der Waals surface area contributed by atoms with Crippen LogP contribution in [-0.4, -0.2) is 32.1 Å². The molecule has 2 aromatic carbocycles. The van der Waals surface area contributed by atoms with Gasteiger partial charge >= 0.3 is 0 Å². The summed E-state index contributed by atoms with van der Waals surface area (Å²) in [4.78, 5) is 6.70. The number of methoxy groups -OCH3 is 1. The quantitative estimate of drug-likeness (QED) is 0.424. The Kier molecular flexibility index (Phi) is 9.41. The number of rotatable bonds is 6. The van der Waals surface area contributed by atoms with Gasteiger partial charge in [0.25, 0.3) is 0 Å². The summed E-state index contributed by atoms with van der Waals surface area (Å²) in [5.74, 6) is 0.881. The molecule has 0 heterocycles. The molecule has 0 aliphatic carbocycles. The Morgan fingerprint density at radius 3 is 2.33 bits per heavy atom. The zero-order chi connectivity index (χ0) is 16.5. The van der Waals surface area contributed by atoms with Crippen LogP contribution in [0.4, 0.5) is 0 Å². The van der Waals surface area contributed by atoms with E-state index < -0.39 is 0 Å². The molecule has 0 aromatic heterocycles. The number of nitrogens with zero attached hydrogens (tertiary/aromatic N) is 2. The minimum absolute atomic E-state index is 0. The summed E-state index contributed by atoms with van der Waals surface area (Å²) >= 11 is 0. The van der Waals surface area contributed by atoms with Gasteiger partial charge in [-0.25, -0.2) is 4.99 Å². The zero-order valence-electron chi connectivity index (χ0n) is 14.5. The van der Waals surface area contributed by atoms with Crippen LogP contribution in [0.2, 0.25) is 0 Å². The van der Waals surface area contributed by atoms with Crippen LogP contribution in [0.3, 0.4) is 0 Å². The van der Waals surface area contributed by atoms with Crippen molar-refractivity contribution in [2.45, 2.75) is 19.7 Å². The molecule has 0 amide bonds. The molecule has 0 saturated heterocycles. The first-order chi connectivity index (χ1) is 11.2. The lowest BCUT2D eigenvalue weighted by Crippen LogP contribution is -2.36. The molecule has 5 heteroatoms. The minimum Gasteiger partial charge on any atom is -0.380 e.